The molecule has 2 rings (SSSR count). The zero-order valence-corrected chi connectivity index (χ0v) is 13.1. The average Bonchev–Trinajstić information content (AvgIpc) is 2.53. The second-order valence-electron chi connectivity index (χ2n) is 6.21. The highest BCUT2D eigenvalue weighted by molar-refractivity contribution is 5.94. The van der Waals surface area contributed by atoms with Crippen LogP contribution < -0.4 is 0 Å². The van der Waals surface area contributed by atoms with E-state index in [1.54, 1.807) is 0 Å². The molecule has 1 saturated carbocycles. The Hall–Kier alpha value is -1.75. The van der Waals surface area contributed by atoms with Crippen molar-refractivity contribution in [1.29, 1.82) is 0 Å². The predicted molar refractivity (Wildman–Crippen MR) is 87.3 cm³/mol. The molecule has 0 aliphatic heterocycles. The highest BCUT2D eigenvalue weighted by atomic mass is 16.2. The number of amides is 1. The molecule has 0 atom stereocenters. The van der Waals surface area contributed by atoms with Crippen LogP contribution in [-0.4, -0.2) is 23.4 Å². The lowest BCUT2D eigenvalue weighted by Crippen LogP contribution is -2.41. The van der Waals surface area contributed by atoms with Gasteiger partial charge in [-0.05, 0) is 36.5 Å². The van der Waals surface area contributed by atoms with E-state index >= 15 is 0 Å². The van der Waals surface area contributed by atoms with Gasteiger partial charge in [0.25, 0.3) is 5.91 Å². The van der Waals surface area contributed by atoms with Gasteiger partial charge in [-0.25, -0.2) is 0 Å². The number of nitrogens with zero attached hydrogens (tertiary/aromatic N) is 1. The number of terminal acetylenes is 1. The summed E-state index contributed by atoms with van der Waals surface area (Å²) in [6.07, 6.45) is 11.3. The molecule has 1 aromatic rings. The second-order valence-corrected chi connectivity index (χ2v) is 6.21. The third kappa shape index (κ3) is 3.88. The molecule has 112 valence electrons. The van der Waals surface area contributed by atoms with Crippen molar-refractivity contribution >= 4 is 5.91 Å². The summed E-state index contributed by atoms with van der Waals surface area (Å²) in [6.45, 7) is 4.72. The van der Waals surface area contributed by atoms with Crippen molar-refractivity contribution in [1.82, 2.24) is 4.90 Å². The smallest absolute Gasteiger partial charge is 0.254 e. The summed E-state index contributed by atoms with van der Waals surface area (Å²) in [5.74, 6) is 3.21. The lowest BCUT2D eigenvalue weighted by Gasteiger charge is -2.33. The second kappa shape index (κ2) is 7.31. The SMILES string of the molecule is C#CCN(C(=O)c1ccc(C(C)C)cc1)C1CCCCC1. The van der Waals surface area contributed by atoms with Crippen LogP contribution in [0.5, 0.6) is 0 Å². The molecule has 1 aliphatic carbocycles. The quantitative estimate of drug-likeness (QED) is 0.758. The lowest BCUT2D eigenvalue weighted by molar-refractivity contribution is 0.0667. The molecule has 2 nitrogen and oxygen atoms in total. The van der Waals surface area contributed by atoms with Gasteiger partial charge in [-0.15, -0.1) is 6.42 Å². The van der Waals surface area contributed by atoms with E-state index in [0.29, 0.717) is 18.5 Å². The fraction of sp³-hybridized carbons (Fsp3) is 0.526. The minimum atomic E-state index is 0.0788. The summed E-state index contributed by atoms with van der Waals surface area (Å²) in [5, 5.41) is 0. The molecule has 0 saturated heterocycles. The molecule has 0 bridgehead atoms. The maximum absolute atomic E-state index is 12.7. The van der Waals surface area contributed by atoms with Gasteiger partial charge < -0.3 is 4.90 Å². The number of rotatable bonds is 4. The van der Waals surface area contributed by atoms with Crippen LogP contribution in [0.2, 0.25) is 0 Å². The van der Waals surface area contributed by atoms with Gasteiger partial charge >= 0.3 is 0 Å². The van der Waals surface area contributed by atoms with Crippen LogP contribution in [0.4, 0.5) is 0 Å². The Morgan fingerprint density at radius 1 is 1.24 bits per heavy atom. The third-order valence-corrected chi connectivity index (χ3v) is 4.36. The topological polar surface area (TPSA) is 20.3 Å². The van der Waals surface area contributed by atoms with Crippen molar-refractivity contribution in [3.8, 4) is 12.3 Å². The highest BCUT2D eigenvalue weighted by Gasteiger charge is 2.25. The van der Waals surface area contributed by atoms with Crippen LogP contribution in [0.1, 0.15) is 67.8 Å². The van der Waals surface area contributed by atoms with E-state index in [2.05, 4.69) is 19.8 Å². The number of carbonyl (C=O) groups is 1. The van der Waals surface area contributed by atoms with Crippen molar-refractivity contribution in [2.45, 2.75) is 57.9 Å². The highest BCUT2D eigenvalue weighted by Crippen LogP contribution is 2.24. The first-order valence-corrected chi connectivity index (χ1v) is 7.98. The molecule has 2 heteroatoms. The van der Waals surface area contributed by atoms with Gasteiger partial charge in [0.05, 0.1) is 6.54 Å². The average molecular weight is 283 g/mol. The van der Waals surface area contributed by atoms with Crippen LogP contribution >= 0.6 is 0 Å². The van der Waals surface area contributed by atoms with Crippen molar-refractivity contribution in [3.05, 3.63) is 35.4 Å². The Morgan fingerprint density at radius 2 is 1.86 bits per heavy atom. The zero-order chi connectivity index (χ0) is 15.2. The third-order valence-electron chi connectivity index (χ3n) is 4.36. The van der Waals surface area contributed by atoms with Crippen molar-refractivity contribution in [2.24, 2.45) is 0 Å². The van der Waals surface area contributed by atoms with Crippen LogP contribution in [-0.2, 0) is 0 Å². The predicted octanol–water partition coefficient (Wildman–Crippen LogP) is 4.22. The minimum absolute atomic E-state index is 0.0788. The van der Waals surface area contributed by atoms with Gasteiger partial charge in [-0.1, -0.05) is 51.2 Å². The van der Waals surface area contributed by atoms with E-state index in [4.69, 9.17) is 6.42 Å². The fourth-order valence-corrected chi connectivity index (χ4v) is 3.03. The molecule has 21 heavy (non-hydrogen) atoms. The lowest BCUT2D eigenvalue weighted by atomic mass is 9.93. The van der Waals surface area contributed by atoms with Gasteiger partial charge in [0.1, 0.15) is 0 Å². The molecular weight excluding hydrogens is 258 g/mol. The molecule has 0 heterocycles. The molecule has 0 radical (unpaired) electrons. The van der Waals surface area contributed by atoms with Crippen LogP contribution in [0, 0.1) is 12.3 Å². The number of hydrogen-bond acceptors (Lipinski definition) is 1. The molecule has 0 spiro atoms. The Morgan fingerprint density at radius 3 is 2.38 bits per heavy atom. The first-order chi connectivity index (χ1) is 10.1. The van der Waals surface area contributed by atoms with Gasteiger partial charge in [0.15, 0.2) is 0 Å². The molecular formula is C19H25NO. The Balaban J connectivity index is 2.15. The van der Waals surface area contributed by atoms with E-state index in [1.807, 2.05) is 29.2 Å². The summed E-state index contributed by atoms with van der Waals surface area (Å²) in [4.78, 5) is 14.6. The number of hydrogen-bond donors (Lipinski definition) is 0. The first-order valence-electron chi connectivity index (χ1n) is 7.98. The van der Waals surface area contributed by atoms with E-state index in [-0.39, 0.29) is 5.91 Å². The molecule has 1 aliphatic rings. The van der Waals surface area contributed by atoms with Crippen LogP contribution in [0.15, 0.2) is 24.3 Å². The molecule has 1 fully saturated rings. The molecule has 0 N–H and O–H groups in total. The van der Waals surface area contributed by atoms with Crippen molar-refractivity contribution in [3.63, 3.8) is 0 Å². The van der Waals surface area contributed by atoms with Gasteiger partial charge in [-0.2, -0.15) is 0 Å². The molecule has 0 aromatic heterocycles. The van der Waals surface area contributed by atoms with Crippen LogP contribution in [0.25, 0.3) is 0 Å². The Bertz CT molecular complexity index is 503. The summed E-state index contributed by atoms with van der Waals surface area (Å²) >= 11 is 0. The normalized spacial score (nSPS) is 15.7. The largest absolute Gasteiger partial charge is 0.325 e. The van der Waals surface area contributed by atoms with E-state index < -0.39 is 0 Å². The minimum Gasteiger partial charge on any atom is -0.325 e. The van der Waals surface area contributed by atoms with E-state index in [9.17, 15) is 4.79 Å². The molecule has 0 unspecified atom stereocenters. The van der Waals surface area contributed by atoms with Gasteiger partial charge in [-0.3, -0.25) is 4.79 Å². The molecule has 1 amide bonds. The maximum atomic E-state index is 12.7. The van der Waals surface area contributed by atoms with Crippen molar-refractivity contribution < 1.29 is 4.79 Å². The number of carbonyl (C=O) groups excluding carboxylic acids is 1. The van der Waals surface area contributed by atoms with Gasteiger partial charge in [0, 0.05) is 11.6 Å². The summed E-state index contributed by atoms with van der Waals surface area (Å²) in [5.41, 5.74) is 2.01. The summed E-state index contributed by atoms with van der Waals surface area (Å²) < 4.78 is 0. The standard InChI is InChI=1S/C19H25NO/c1-4-14-20(18-8-6-5-7-9-18)19(21)17-12-10-16(11-13-17)15(2)3/h1,10-13,15,18H,5-9,14H2,2-3H3. The van der Waals surface area contributed by atoms with E-state index in [0.717, 1.165) is 18.4 Å². The molecule has 1 aromatic carbocycles. The fourth-order valence-electron chi connectivity index (χ4n) is 3.03. The summed E-state index contributed by atoms with van der Waals surface area (Å²) in [7, 11) is 0. The monoisotopic (exact) mass is 283 g/mol. The summed E-state index contributed by atoms with van der Waals surface area (Å²) in [6, 6.07) is 8.28. The Labute approximate surface area is 128 Å². The van der Waals surface area contributed by atoms with Crippen molar-refractivity contribution in [2.75, 3.05) is 6.54 Å². The van der Waals surface area contributed by atoms with Gasteiger partial charge in [0.2, 0.25) is 0 Å². The zero-order valence-electron chi connectivity index (χ0n) is 13.1. The van der Waals surface area contributed by atoms with Crippen LogP contribution in [0.3, 0.4) is 0 Å². The Kier molecular flexibility index (Phi) is 5.44. The first kappa shape index (κ1) is 15.6. The van der Waals surface area contributed by atoms with E-state index in [1.165, 1.54) is 24.8 Å². The maximum Gasteiger partial charge on any atom is 0.254 e. The number of benzene rings is 1.